The second-order valence-electron chi connectivity index (χ2n) is 6.15. The minimum absolute atomic E-state index is 0. The molecule has 0 aliphatic heterocycles. The van der Waals surface area contributed by atoms with E-state index >= 15 is 0 Å². The van der Waals surface area contributed by atoms with Crippen LogP contribution in [0.15, 0.2) is 47.0 Å². The Morgan fingerprint density at radius 2 is 2.00 bits per heavy atom. The summed E-state index contributed by atoms with van der Waals surface area (Å²) in [6.45, 7) is 3.91. The van der Waals surface area contributed by atoms with E-state index in [0.29, 0.717) is 36.7 Å². The van der Waals surface area contributed by atoms with Gasteiger partial charge in [-0.15, -0.1) is 12.4 Å². The Hall–Kier alpha value is -2.86. The predicted octanol–water partition coefficient (Wildman–Crippen LogP) is 4.18. The normalized spacial score (nSPS) is 10.3. The second kappa shape index (κ2) is 9.19. The van der Waals surface area contributed by atoms with Crippen LogP contribution in [-0.2, 0) is 17.6 Å². The van der Waals surface area contributed by atoms with Gasteiger partial charge in [0.25, 0.3) is 5.89 Å². The van der Waals surface area contributed by atoms with Gasteiger partial charge in [0.1, 0.15) is 0 Å². The molecule has 0 unspecified atom stereocenters. The third-order valence-electron chi connectivity index (χ3n) is 4.22. The molecule has 1 amide bonds. The molecule has 0 aliphatic carbocycles. The maximum Gasteiger partial charge on any atom is 0.257 e. The first-order valence-corrected chi connectivity index (χ1v) is 8.63. The first-order chi connectivity index (χ1) is 12.6. The van der Waals surface area contributed by atoms with Gasteiger partial charge in [0.15, 0.2) is 5.82 Å². The Morgan fingerprint density at radius 3 is 2.70 bits per heavy atom. The molecule has 1 heterocycles. The van der Waals surface area contributed by atoms with E-state index in [2.05, 4.69) is 15.5 Å². The van der Waals surface area contributed by atoms with Crippen LogP contribution in [0.5, 0.6) is 0 Å². The van der Waals surface area contributed by atoms with Crippen molar-refractivity contribution in [3.63, 3.8) is 0 Å². The number of carbonyl (C=O) groups is 1. The van der Waals surface area contributed by atoms with E-state index in [4.69, 9.17) is 10.3 Å². The van der Waals surface area contributed by atoms with Crippen LogP contribution in [0.2, 0.25) is 0 Å². The van der Waals surface area contributed by atoms with Crippen LogP contribution in [0.1, 0.15) is 30.3 Å². The zero-order chi connectivity index (χ0) is 18.5. The number of nitrogens with two attached hydrogens (primary N) is 1. The lowest BCUT2D eigenvalue weighted by Crippen LogP contribution is -2.13. The Balaban J connectivity index is 0.00000261. The van der Waals surface area contributed by atoms with Gasteiger partial charge in [-0.3, -0.25) is 4.79 Å². The fourth-order valence-corrected chi connectivity index (χ4v) is 2.63. The van der Waals surface area contributed by atoms with Crippen molar-refractivity contribution in [2.75, 3.05) is 11.1 Å². The molecule has 1 aromatic heterocycles. The number of nitrogens with zero attached hydrogens (tertiary/aromatic N) is 2. The summed E-state index contributed by atoms with van der Waals surface area (Å²) in [6.07, 6.45) is 1.67. The van der Waals surface area contributed by atoms with Gasteiger partial charge in [-0.05, 0) is 42.7 Å². The van der Waals surface area contributed by atoms with Crippen molar-refractivity contribution < 1.29 is 9.32 Å². The van der Waals surface area contributed by atoms with E-state index in [1.807, 2.05) is 56.3 Å². The van der Waals surface area contributed by atoms with E-state index in [-0.39, 0.29) is 18.3 Å². The maximum atomic E-state index is 12.3. The third kappa shape index (κ3) is 5.08. The largest absolute Gasteiger partial charge is 0.399 e. The molecule has 0 radical (unpaired) electrons. The van der Waals surface area contributed by atoms with Gasteiger partial charge >= 0.3 is 0 Å². The summed E-state index contributed by atoms with van der Waals surface area (Å²) in [6, 6.07) is 13.3. The highest BCUT2D eigenvalue weighted by Crippen LogP contribution is 2.25. The molecule has 0 saturated carbocycles. The summed E-state index contributed by atoms with van der Waals surface area (Å²) >= 11 is 0. The molecule has 0 aliphatic rings. The maximum absolute atomic E-state index is 12.3. The van der Waals surface area contributed by atoms with Crippen molar-refractivity contribution >= 4 is 29.7 Å². The lowest BCUT2D eigenvalue weighted by molar-refractivity contribution is -0.116. The van der Waals surface area contributed by atoms with Crippen LogP contribution in [-0.4, -0.2) is 16.0 Å². The first-order valence-electron chi connectivity index (χ1n) is 8.63. The van der Waals surface area contributed by atoms with Crippen molar-refractivity contribution in [3.05, 3.63) is 59.4 Å². The lowest BCUT2D eigenvalue weighted by atomic mass is 10.1. The minimum Gasteiger partial charge on any atom is -0.399 e. The number of halogens is 1. The highest BCUT2D eigenvalue weighted by Gasteiger charge is 2.12. The summed E-state index contributed by atoms with van der Waals surface area (Å²) < 4.78 is 5.27. The summed E-state index contributed by atoms with van der Waals surface area (Å²) in [7, 11) is 0. The number of amides is 1. The van der Waals surface area contributed by atoms with Gasteiger partial charge in [0.2, 0.25) is 5.91 Å². The number of nitrogens with one attached hydrogen (secondary N) is 1. The number of hydrogen-bond acceptors (Lipinski definition) is 5. The van der Waals surface area contributed by atoms with Gasteiger partial charge in [-0.2, -0.15) is 4.98 Å². The third-order valence-corrected chi connectivity index (χ3v) is 4.22. The molecule has 2 aromatic carbocycles. The molecule has 0 saturated heterocycles. The molecular weight excluding hydrogens is 364 g/mol. The number of hydrogen-bond donors (Lipinski definition) is 2. The van der Waals surface area contributed by atoms with Gasteiger partial charge < -0.3 is 15.6 Å². The zero-order valence-corrected chi connectivity index (χ0v) is 16.2. The average Bonchev–Trinajstić information content (AvgIpc) is 3.12. The molecule has 142 valence electrons. The SMILES string of the molecule is CCc1noc(-c2ccc(C)c(NC(=O)CCc3ccccc3N)c2)n1.Cl. The van der Waals surface area contributed by atoms with Gasteiger partial charge in [-0.25, -0.2) is 0 Å². The molecule has 0 fully saturated rings. The van der Waals surface area contributed by atoms with Crippen molar-refractivity contribution in [3.8, 4) is 11.5 Å². The van der Waals surface area contributed by atoms with Crippen molar-refractivity contribution in [2.45, 2.75) is 33.1 Å². The Labute approximate surface area is 164 Å². The molecular formula is C20H23ClN4O2. The second-order valence-corrected chi connectivity index (χ2v) is 6.15. The van der Waals surface area contributed by atoms with Crippen LogP contribution in [0, 0.1) is 6.92 Å². The quantitative estimate of drug-likeness (QED) is 0.619. The van der Waals surface area contributed by atoms with E-state index in [0.717, 1.165) is 22.4 Å². The summed E-state index contributed by atoms with van der Waals surface area (Å²) in [5, 5.41) is 6.87. The van der Waals surface area contributed by atoms with E-state index in [1.165, 1.54) is 0 Å². The number of rotatable bonds is 6. The first kappa shape index (κ1) is 20.5. The monoisotopic (exact) mass is 386 g/mol. The van der Waals surface area contributed by atoms with Crippen molar-refractivity contribution in [1.82, 2.24) is 10.1 Å². The van der Waals surface area contributed by atoms with Gasteiger partial charge in [-0.1, -0.05) is 36.3 Å². The number of benzene rings is 2. The smallest absolute Gasteiger partial charge is 0.257 e. The van der Waals surface area contributed by atoms with Crippen LogP contribution in [0.4, 0.5) is 11.4 Å². The van der Waals surface area contributed by atoms with Gasteiger partial charge in [0, 0.05) is 29.8 Å². The van der Waals surface area contributed by atoms with Crippen LogP contribution in [0.3, 0.4) is 0 Å². The number of carbonyl (C=O) groups excluding carboxylic acids is 1. The zero-order valence-electron chi connectivity index (χ0n) is 15.4. The number of aryl methyl sites for hydroxylation is 3. The minimum atomic E-state index is -0.0618. The van der Waals surface area contributed by atoms with Crippen LogP contribution >= 0.6 is 12.4 Å². The highest BCUT2D eigenvalue weighted by atomic mass is 35.5. The van der Waals surface area contributed by atoms with Crippen LogP contribution < -0.4 is 11.1 Å². The predicted molar refractivity (Wildman–Crippen MR) is 109 cm³/mol. The molecule has 3 N–H and O–H groups in total. The standard InChI is InChI=1S/C20H22N4O2.ClH/c1-3-18-23-20(26-24-18)15-9-8-13(2)17(12-15)22-19(25)11-10-14-6-4-5-7-16(14)21;/h4-9,12H,3,10-11,21H2,1-2H3,(H,22,25);1H. The summed E-state index contributed by atoms with van der Waals surface area (Å²) in [5.41, 5.74) is 10.1. The Morgan fingerprint density at radius 1 is 1.22 bits per heavy atom. The fraction of sp³-hybridized carbons (Fsp3) is 0.250. The number of anilines is 2. The Kier molecular flexibility index (Phi) is 6.96. The molecule has 3 rings (SSSR count). The Bertz CT molecular complexity index is 924. The molecule has 6 nitrogen and oxygen atoms in total. The van der Waals surface area contributed by atoms with Crippen molar-refractivity contribution in [2.24, 2.45) is 0 Å². The molecule has 7 heteroatoms. The number of nitrogen functional groups attached to an aromatic ring is 1. The molecule has 3 aromatic rings. The summed E-state index contributed by atoms with van der Waals surface area (Å²) in [4.78, 5) is 16.7. The molecule has 0 spiro atoms. The highest BCUT2D eigenvalue weighted by molar-refractivity contribution is 5.92. The average molecular weight is 387 g/mol. The van der Waals surface area contributed by atoms with Gasteiger partial charge in [0.05, 0.1) is 0 Å². The van der Waals surface area contributed by atoms with E-state index in [1.54, 1.807) is 0 Å². The van der Waals surface area contributed by atoms with E-state index < -0.39 is 0 Å². The fourth-order valence-electron chi connectivity index (χ4n) is 2.63. The lowest BCUT2D eigenvalue weighted by Gasteiger charge is -2.10. The van der Waals surface area contributed by atoms with Crippen molar-refractivity contribution in [1.29, 1.82) is 0 Å². The number of para-hydroxylation sites is 1. The number of aromatic nitrogens is 2. The molecule has 0 bridgehead atoms. The van der Waals surface area contributed by atoms with Crippen LogP contribution in [0.25, 0.3) is 11.5 Å². The topological polar surface area (TPSA) is 94.0 Å². The molecule has 0 atom stereocenters. The molecule has 27 heavy (non-hydrogen) atoms. The van der Waals surface area contributed by atoms with E-state index in [9.17, 15) is 4.79 Å². The summed E-state index contributed by atoms with van der Waals surface area (Å²) in [5.74, 6) is 1.05.